The van der Waals surface area contributed by atoms with Crippen molar-refractivity contribution in [3.63, 3.8) is 0 Å². The van der Waals surface area contributed by atoms with Crippen LogP contribution >= 0.6 is 11.6 Å². The van der Waals surface area contributed by atoms with Crippen LogP contribution in [0, 0.1) is 6.92 Å². The molecule has 0 unspecified atom stereocenters. The molecule has 0 atom stereocenters. The maximum atomic E-state index is 10.4. The lowest BCUT2D eigenvalue weighted by atomic mass is 10.0. The lowest BCUT2D eigenvalue weighted by Gasteiger charge is -2.14. The summed E-state index contributed by atoms with van der Waals surface area (Å²) < 4.78 is 5.19. The van der Waals surface area contributed by atoms with E-state index in [-0.39, 0.29) is 0 Å². The maximum Gasteiger partial charge on any atom is 0.235 e. The highest BCUT2D eigenvalue weighted by atomic mass is 35.5. The van der Waals surface area contributed by atoms with E-state index in [4.69, 9.17) is 16.3 Å². The molecule has 0 bridgehead atoms. The van der Waals surface area contributed by atoms with Gasteiger partial charge in [-0.05, 0) is 37.5 Å². The van der Waals surface area contributed by atoms with Crippen molar-refractivity contribution in [3.8, 4) is 5.75 Å². The van der Waals surface area contributed by atoms with Crippen molar-refractivity contribution in [2.24, 2.45) is 4.99 Å². The minimum absolute atomic E-state index is 0.446. The van der Waals surface area contributed by atoms with Crippen LogP contribution in [-0.4, -0.2) is 13.2 Å². The Morgan fingerprint density at radius 3 is 2.69 bits per heavy atom. The Hall–Kier alpha value is -1.31. The molecular formula is C12H12ClNO2. The summed E-state index contributed by atoms with van der Waals surface area (Å²) in [6.07, 6.45) is 3.31. The number of isocyanates is 1. The van der Waals surface area contributed by atoms with Crippen molar-refractivity contribution >= 4 is 17.7 Å². The number of rotatable bonds is 3. The lowest BCUT2D eigenvalue weighted by Crippen LogP contribution is -2.04. The zero-order valence-electron chi connectivity index (χ0n) is 9.21. The molecule has 1 aliphatic rings. The van der Waals surface area contributed by atoms with Crippen LogP contribution < -0.4 is 4.74 Å². The highest BCUT2D eigenvalue weighted by molar-refractivity contribution is 6.32. The number of carbonyl (C=O) groups excluding carboxylic acids is 1. The molecule has 0 amide bonds. The fraction of sp³-hybridized carbons (Fsp3) is 0.417. The summed E-state index contributed by atoms with van der Waals surface area (Å²) in [6.45, 7) is 1.91. The van der Waals surface area contributed by atoms with Crippen molar-refractivity contribution in [1.82, 2.24) is 0 Å². The summed E-state index contributed by atoms with van der Waals surface area (Å²) in [5.41, 5.74) is 1.36. The van der Waals surface area contributed by atoms with Gasteiger partial charge in [0.25, 0.3) is 0 Å². The second kappa shape index (κ2) is 3.93. The van der Waals surface area contributed by atoms with Crippen molar-refractivity contribution in [3.05, 3.63) is 28.3 Å². The van der Waals surface area contributed by atoms with Crippen LogP contribution in [0.2, 0.25) is 5.02 Å². The van der Waals surface area contributed by atoms with Gasteiger partial charge in [0.15, 0.2) is 0 Å². The molecule has 0 saturated heterocycles. The van der Waals surface area contributed by atoms with E-state index in [9.17, 15) is 4.79 Å². The Bertz CT molecular complexity index is 474. The Morgan fingerprint density at radius 1 is 1.50 bits per heavy atom. The quantitative estimate of drug-likeness (QED) is 0.599. The molecule has 3 nitrogen and oxygen atoms in total. The Labute approximate surface area is 99.1 Å². The van der Waals surface area contributed by atoms with Gasteiger partial charge in [-0.15, -0.1) is 0 Å². The summed E-state index contributed by atoms with van der Waals surface area (Å²) in [6, 6.07) is 3.72. The molecule has 1 saturated carbocycles. The molecule has 0 aliphatic heterocycles. The van der Waals surface area contributed by atoms with E-state index in [1.165, 1.54) is 0 Å². The van der Waals surface area contributed by atoms with Crippen LogP contribution in [0.3, 0.4) is 0 Å². The first-order valence-corrected chi connectivity index (χ1v) is 5.44. The molecule has 1 aromatic carbocycles. The van der Waals surface area contributed by atoms with Gasteiger partial charge in [0.2, 0.25) is 6.08 Å². The maximum absolute atomic E-state index is 10.4. The minimum atomic E-state index is -0.446. The first-order valence-electron chi connectivity index (χ1n) is 5.06. The molecule has 84 valence electrons. The average molecular weight is 238 g/mol. The second-order valence-corrected chi connectivity index (χ2v) is 4.42. The van der Waals surface area contributed by atoms with E-state index >= 15 is 0 Å². The smallest absolute Gasteiger partial charge is 0.235 e. The minimum Gasteiger partial charge on any atom is -0.497 e. The average Bonchev–Trinajstić information content (AvgIpc) is 3.03. The first-order chi connectivity index (χ1) is 7.63. The van der Waals surface area contributed by atoms with Gasteiger partial charge in [-0.25, -0.2) is 4.79 Å². The van der Waals surface area contributed by atoms with Gasteiger partial charge in [0, 0.05) is 10.6 Å². The van der Waals surface area contributed by atoms with Gasteiger partial charge in [0.1, 0.15) is 5.75 Å². The summed E-state index contributed by atoms with van der Waals surface area (Å²) in [5, 5.41) is 0.664. The van der Waals surface area contributed by atoms with Gasteiger partial charge >= 0.3 is 0 Å². The lowest BCUT2D eigenvalue weighted by molar-refractivity contribution is 0.413. The third kappa shape index (κ3) is 1.73. The molecule has 2 rings (SSSR count). The number of aliphatic imine (C=N–C) groups is 1. The zero-order valence-corrected chi connectivity index (χ0v) is 9.97. The standard InChI is InChI=1S/C12H12ClNO2/c1-8-5-9(16-2)6-10(11(8)13)12(3-4-12)14-7-15/h5-6H,3-4H2,1-2H3. The van der Waals surface area contributed by atoms with E-state index in [0.717, 1.165) is 29.7 Å². The number of hydrogen-bond donors (Lipinski definition) is 0. The molecule has 0 radical (unpaired) electrons. The molecular weight excluding hydrogens is 226 g/mol. The summed E-state index contributed by atoms with van der Waals surface area (Å²) in [7, 11) is 1.61. The van der Waals surface area contributed by atoms with Crippen LogP contribution in [0.5, 0.6) is 5.75 Å². The largest absolute Gasteiger partial charge is 0.497 e. The summed E-state index contributed by atoms with van der Waals surface area (Å²) >= 11 is 6.24. The number of ether oxygens (including phenoxy) is 1. The Balaban J connectivity index is 2.55. The van der Waals surface area contributed by atoms with E-state index in [1.54, 1.807) is 13.2 Å². The van der Waals surface area contributed by atoms with E-state index in [0.29, 0.717) is 5.02 Å². The van der Waals surface area contributed by atoms with E-state index < -0.39 is 5.54 Å². The highest BCUT2D eigenvalue weighted by Gasteiger charge is 2.46. The third-order valence-corrected chi connectivity index (χ3v) is 3.45. The molecule has 0 heterocycles. The molecule has 4 heteroatoms. The number of benzene rings is 1. The summed E-state index contributed by atoms with van der Waals surface area (Å²) in [5.74, 6) is 0.740. The highest BCUT2D eigenvalue weighted by Crippen LogP contribution is 2.52. The van der Waals surface area contributed by atoms with Crippen LogP contribution in [0.4, 0.5) is 0 Å². The van der Waals surface area contributed by atoms with Gasteiger partial charge in [0.05, 0.1) is 12.6 Å². The second-order valence-electron chi connectivity index (χ2n) is 4.04. The van der Waals surface area contributed by atoms with Crippen molar-refractivity contribution in [2.75, 3.05) is 7.11 Å². The predicted molar refractivity (Wildman–Crippen MR) is 61.8 cm³/mol. The number of nitrogens with zero attached hydrogens (tertiary/aromatic N) is 1. The number of hydrogen-bond acceptors (Lipinski definition) is 3. The topological polar surface area (TPSA) is 38.7 Å². The monoisotopic (exact) mass is 237 g/mol. The van der Waals surface area contributed by atoms with E-state index in [1.807, 2.05) is 19.1 Å². The SMILES string of the molecule is COc1cc(C)c(Cl)c(C2(N=C=O)CC2)c1. The van der Waals surface area contributed by atoms with Crippen LogP contribution in [0.25, 0.3) is 0 Å². The van der Waals surface area contributed by atoms with Crippen molar-refractivity contribution in [2.45, 2.75) is 25.3 Å². The van der Waals surface area contributed by atoms with Gasteiger partial charge < -0.3 is 4.74 Å². The normalized spacial score (nSPS) is 16.4. The fourth-order valence-electron chi connectivity index (χ4n) is 1.84. The molecule has 0 N–H and O–H groups in total. The Morgan fingerprint density at radius 2 is 2.19 bits per heavy atom. The predicted octanol–water partition coefficient (Wildman–Crippen LogP) is 2.98. The van der Waals surface area contributed by atoms with Crippen LogP contribution in [0.15, 0.2) is 17.1 Å². The number of aryl methyl sites for hydroxylation is 1. The molecule has 1 aliphatic carbocycles. The van der Waals surface area contributed by atoms with Crippen LogP contribution in [0.1, 0.15) is 24.0 Å². The molecule has 0 spiro atoms. The van der Waals surface area contributed by atoms with E-state index in [2.05, 4.69) is 4.99 Å². The molecule has 1 fully saturated rings. The number of halogens is 1. The van der Waals surface area contributed by atoms with Crippen LogP contribution in [-0.2, 0) is 10.3 Å². The zero-order chi connectivity index (χ0) is 11.8. The van der Waals surface area contributed by atoms with Gasteiger partial charge in [-0.2, -0.15) is 4.99 Å². The first kappa shape index (κ1) is 11.2. The van der Waals surface area contributed by atoms with Crippen molar-refractivity contribution < 1.29 is 9.53 Å². The Kier molecular flexibility index (Phi) is 2.75. The number of methoxy groups -OCH3 is 1. The van der Waals surface area contributed by atoms with Gasteiger partial charge in [-0.3, -0.25) is 0 Å². The molecule has 1 aromatic rings. The molecule has 0 aromatic heterocycles. The third-order valence-electron chi connectivity index (χ3n) is 2.95. The molecule has 16 heavy (non-hydrogen) atoms. The van der Waals surface area contributed by atoms with Gasteiger partial charge in [-0.1, -0.05) is 11.6 Å². The van der Waals surface area contributed by atoms with Crippen molar-refractivity contribution in [1.29, 1.82) is 0 Å². The summed E-state index contributed by atoms with van der Waals surface area (Å²) in [4.78, 5) is 14.3. The fourth-order valence-corrected chi connectivity index (χ4v) is 2.13.